The first kappa shape index (κ1) is 34.6. The van der Waals surface area contributed by atoms with Crippen LogP contribution < -0.4 is 0 Å². The van der Waals surface area contributed by atoms with E-state index in [2.05, 4.69) is 13.5 Å². The molecule has 39 heavy (non-hydrogen) atoms. The van der Waals surface area contributed by atoms with Gasteiger partial charge < -0.3 is 19.7 Å². The van der Waals surface area contributed by atoms with E-state index >= 15 is 0 Å². The van der Waals surface area contributed by atoms with E-state index in [1.54, 1.807) is 47.6 Å². The van der Waals surface area contributed by atoms with E-state index in [9.17, 15) is 29.4 Å². The lowest BCUT2D eigenvalue weighted by atomic mass is 9.90. The molecule has 2 aliphatic heterocycles. The predicted octanol–water partition coefficient (Wildman–Crippen LogP) is 4.11. The summed E-state index contributed by atoms with van der Waals surface area (Å²) in [7, 11) is 0. The van der Waals surface area contributed by atoms with E-state index in [1.165, 1.54) is 23.6 Å². The Morgan fingerprint density at radius 3 is 1.54 bits per heavy atom. The summed E-state index contributed by atoms with van der Waals surface area (Å²) in [5.74, 6) is -0.717. The number of ketones is 2. The number of β-amino-alcohol motifs (C(OH)–C–C–N with tert-alkyl or cyclic N) is 2. The number of allylic oxidation sites excluding steroid dienone is 1. The summed E-state index contributed by atoms with van der Waals surface area (Å²) in [5.41, 5.74) is -1.23. The van der Waals surface area contributed by atoms with E-state index in [4.69, 9.17) is 9.47 Å². The molecule has 224 valence electrons. The molecule has 0 aromatic rings. The van der Waals surface area contributed by atoms with Gasteiger partial charge in [-0.15, -0.1) is 6.58 Å². The maximum Gasteiger partial charge on any atom is 0.411 e. The summed E-state index contributed by atoms with van der Waals surface area (Å²) in [4.78, 5) is 50.6. The van der Waals surface area contributed by atoms with Gasteiger partial charge in [0.15, 0.2) is 11.6 Å². The number of nitrogens with zero attached hydrogens (tertiary/aromatic N) is 2. The topological polar surface area (TPSA) is 134 Å². The van der Waals surface area contributed by atoms with Crippen LogP contribution >= 0.6 is 0 Å². The Labute approximate surface area is 233 Å². The number of rotatable bonds is 7. The maximum atomic E-state index is 12.2. The molecule has 0 bridgehead atoms. The van der Waals surface area contributed by atoms with E-state index < -0.39 is 47.7 Å². The van der Waals surface area contributed by atoms with Gasteiger partial charge in [0.1, 0.15) is 11.2 Å². The number of aliphatic hydroxyl groups excluding tert-OH is 2. The molecule has 0 saturated carbocycles. The fourth-order valence-electron chi connectivity index (χ4n) is 5.11. The molecule has 4 unspecified atom stereocenters. The summed E-state index contributed by atoms with van der Waals surface area (Å²) in [5, 5.41) is 20.2. The van der Waals surface area contributed by atoms with Gasteiger partial charge in [0.25, 0.3) is 0 Å². The first-order valence-electron chi connectivity index (χ1n) is 13.8. The average molecular weight is 555 g/mol. The minimum absolute atomic E-state index is 0.0893. The molecule has 0 spiro atoms. The first-order valence-corrected chi connectivity index (χ1v) is 13.8. The molecule has 6 atom stereocenters. The number of Topliss-reactive ketones (excluding diaryl/α,β-unsaturated/α-hetero) is 2. The van der Waals surface area contributed by atoms with Crippen LogP contribution in [0.15, 0.2) is 12.7 Å². The van der Waals surface area contributed by atoms with Crippen LogP contribution in [0.25, 0.3) is 0 Å². The molecule has 0 aromatic heterocycles. The number of unbranched alkanes of at least 4 members (excludes halogenated alkanes) is 1. The van der Waals surface area contributed by atoms with Crippen LogP contribution in [0.2, 0.25) is 0 Å². The third-order valence-corrected chi connectivity index (χ3v) is 6.66. The van der Waals surface area contributed by atoms with E-state index in [0.717, 1.165) is 19.3 Å². The summed E-state index contributed by atoms with van der Waals surface area (Å²) >= 11 is 0. The van der Waals surface area contributed by atoms with Crippen molar-refractivity contribution in [1.82, 2.24) is 9.80 Å². The summed E-state index contributed by atoms with van der Waals surface area (Å²) in [6.07, 6.45) is 2.39. The molecule has 2 amide bonds. The van der Waals surface area contributed by atoms with Crippen LogP contribution in [0.4, 0.5) is 9.59 Å². The van der Waals surface area contributed by atoms with Gasteiger partial charge in [-0.2, -0.15) is 0 Å². The molecule has 2 saturated heterocycles. The number of ether oxygens (including phenoxy) is 2. The lowest BCUT2D eigenvalue weighted by molar-refractivity contribution is -0.123. The van der Waals surface area contributed by atoms with Gasteiger partial charge in [0.05, 0.1) is 37.4 Å². The average Bonchev–Trinajstić information content (AvgIpc) is 3.28. The Hall–Kier alpha value is -2.46. The molecule has 0 aliphatic carbocycles. The van der Waals surface area contributed by atoms with Crippen molar-refractivity contribution in [3.05, 3.63) is 12.7 Å². The number of hydrogen-bond donors (Lipinski definition) is 2. The predicted molar refractivity (Wildman–Crippen MR) is 148 cm³/mol. The Bertz CT molecular complexity index is 875. The normalized spacial score (nSPS) is 26.9. The Balaban J connectivity index is 0.000000391. The van der Waals surface area contributed by atoms with Crippen LogP contribution in [0, 0.1) is 11.8 Å². The van der Waals surface area contributed by atoms with Gasteiger partial charge in [-0.05, 0) is 68.2 Å². The molecule has 2 aliphatic rings. The van der Waals surface area contributed by atoms with Crippen molar-refractivity contribution in [1.29, 1.82) is 0 Å². The van der Waals surface area contributed by atoms with Crippen LogP contribution in [0.5, 0.6) is 0 Å². The Morgan fingerprint density at radius 2 is 1.21 bits per heavy atom. The molecule has 10 nitrogen and oxygen atoms in total. The van der Waals surface area contributed by atoms with Crippen LogP contribution in [-0.4, -0.2) is 92.3 Å². The third-order valence-electron chi connectivity index (χ3n) is 6.66. The molecule has 10 heteroatoms. The van der Waals surface area contributed by atoms with Crippen molar-refractivity contribution >= 4 is 23.8 Å². The second-order valence-electron chi connectivity index (χ2n) is 12.5. The summed E-state index contributed by atoms with van der Waals surface area (Å²) < 4.78 is 10.6. The Kier molecular flexibility index (Phi) is 12.6. The number of likely N-dealkylation sites (tertiary alicyclic amines) is 2. The Morgan fingerprint density at radius 1 is 0.821 bits per heavy atom. The second-order valence-corrected chi connectivity index (χ2v) is 12.5. The smallest absolute Gasteiger partial charge is 0.411 e. The standard InChI is InChI=1S/C15H27NO4.C14H23NO4/c1-6-7-8-11-12(18)9-16(13(11)10(2)17)14(19)20-15(3,4)5;1-6-7-10-11(17)8-15(12(10)9(2)16)13(18)19-14(3,4)5/h11-13,18H,6-9H2,1-5H3;6,10-12,17H,1,7-8H2,2-5H3/t11?,12?,13-;10?,11?,12-/m11/s1. The van der Waals surface area contributed by atoms with Gasteiger partial charge in [0, 0.05) is 11.8 Å². The molecule has 2 N–H and O–H groups in total. The van der Waals surface area contributed by atoms with Gasteiger partial charge in [-0.1, -0.05) is 25.8 Å². The molecule has 0 aromatic carbocycles. The van der Waals surface area contributed by atoms with Crippen molar-refractivity contribution in [2.75, 3.05) is 13.1 Å². The fourth-order valence-corrected chi connectivity index (χ4v) is 5.11. The zero-order valence-electron chi connectivity index (χ0n) is 25.2. The van der Waals surface area contributed by atoms with Crippen molar-refractivity contribution in [3.63, 3.8) is 0 Å². The van der Waals surface area contributed by atoms with E-state index in [1.807, 2.05) is 0 Å². The minimum atomic E-state index is -0.723. The van der Waals surface area contributed by atoms with Crippen LogP contribution in [0.3, 0.4) is 0 Å². The van der Waals surface area contributed by atoms with E-state index in [-0.39, 0.29) is 36.5 Å². The molecule has 2 rings (SSSR count). The van der Waals surface area contributed by atoms with Gasteiger partial charge in [0.2, 0.25) is 0 Å². The highest BCUT2D eigenvalue weighted by Gasteiger charge is 2.47. The van der Waals surface area contributed by atoms with Gasteiger partial charge >= 0.3 is 12.2 Å². The largest absolute Gasteiger partial charge is 0.444 e. The summed E-state index contributed by atoms with van der Waals surface area (Å²) in [6.45, 7) is 19.5. The van der Waals surface area contributed by atoms with Crippen molar-refractivity contribution in [3.8, 4) is 0 Å². The fraction of sp³-hybridized carbons (Fsp3) is 0.793. The molecule has 2 fully saturated rings. The van der Waals surface area contributed by atoms with Crippen molar-refractivity contribution < 1.29 is 38.9 Å². The molecular formula is C29H50N2O8. The lowest BCUT2D eigenvalue weighted by Gasteiger charge is -2.29. The SMILES string of the molecule is C=CCC1C(O)CN(C(=O)OC(C)(C)C)[C@@H]1C(C)=O.CCCCC1C(O)CN(C(=O)OC(C)(C)C)[C@@H]1C(C)=O. The number of hydrogen-bond acceptors (Lipinski definition) is 8. The van der Waals surface area contributed by atoms with Gasteiger partial charge in [-0.25, -0.2) is 9.59 Å². The van der Waals surface area contributed by atoms with Gasteiger partial charge in [-0.3, -0.25) is 19.4 Å². The molecule has 2 heterocycles. The van der Waals surface area contributed by atoms with Crippen LogP contribution in [-0.2, 0) is 19.1 Å². The van der Waals surface area contributed by atoms with E-state index in [0.29, 0.717) is 6.42 Å². The number of aliphatic hydroxyl groups is 2. The highest BCUT2D eigenvalue weighted by molar-refractivity contribution is 5.87. The number of carbonyl (C=O) groups excluding carboxylic acids is 4. The monoisotopic (exact) mass is 554 g/mol. The second kappa shape index (κ2) is 14.3. The minimum Gasteiger partial charge on any atom is -0.444 e. The highest BCUT2D eigenvalue weighted by atomic mass is 16.6. The quantitative estimate of drug-likeness (QED) is 0.449. The number of carbonyl (C=O) groups is 4. The maximum absolute atomic E-state index is 12.2. The zero-order chi connectivity index (χ0) is 30.3. The number of amides is 2. The van der Waals surface area contributed by atoms with Crippen molar-refractivity contribution in [2.45, 2.75) is 123 Å². The zero-order valence-corrected chi connectivity index (χ0v) is 25.2. The van der Waals surface area contributed by atoms with Crippen LogP contribution in [0.1, 0.15) is 88.0 Å². The lowest BCUT2D eigenvalue weighted by Crippen LogP contribution is -2.44. The summed E-state index contributed by atoms with van der Waals surface area (Å²) in [6, 6.07) is -1.20. The molecular weight excluding hydrogens is 504 g/mol. The van der Waals surface area contributed by atoms with Crippen molar-refractivity contribution in [2.24, 2.45) is 11.8 Å². The molecule has 0 radical (unpaired) electrons. The highest BCUT2D eigenvalue weighted by Crippen LogP contribution is 2.32. The first-order chi connectivity index (χ1) is 17.8. The third kappa shape index (κ3) is 10.2.